The maximum absolute atomic E-state index is 13.3. The van der Waals surface area contributed by atoms with E-state index in [0.717, 1.165) is 74.0 Å². The van der Waals surface area contributed by atoms with Crippen molar-refractivity contribution in [2.24, 2.45) is 45.9 Å². The molecule has 8 fully saturated rings. The van der Waals surface area contributed by atoms with Gasteiger partial charge in [-0.15, -0.1) is 0 Å². The average molecular weight is 437 g/mol. The summed E-state index contributed by atoms with van der Waals surface area (Å²) in [5.74, 6) is 4.79. The topological polar surface area (TPSA) is 82.6 Å². The lowest BCUT2D eigenvalue weighted by atomic mass is 9.49. The van der Waals surface area contributed by atoms with Crippen LogP contribution in [-0.2, 0) is 9.59 Å². The molecule has 1 heterocycles. The van der Waals surface area contributed by atoms with Crippen molar-refractivity contribution in [1.29, 1.82) is 0 Å². The Bertz CT molecular complexity index is 835. The van der Waals surface area contributed by atoms with Crippen LogP contribution in [-0.4, -0.2) is 29.9 Å². The van der Waals surface area contributed by atoms with E-state index in [1.807, 2.05) is 0 Å². The Morgan fingerprint density at radius 3 is 1.78 bits per heavy atom. The molecule has 0 radical (unpaired) electrons. The highest BCUT2D eigenvalue weighted by molar-refractivity contribution is 6.12. The van der Waals surface area contributed by atoms with Crippen molar-refractivity contribution in [3.8, 4) is 0 Å². The van der Waals surface area contributed by atoms with Gasteiger partial charge in [0.1, 0.15) is 0 Å². The predicted molar refractivity (Wildman–Crippen MR) is 121 cm³/mol. The zero-order valence-corrected chi connectivity index (χ0v) is 18.9. The number of amides is 2. The normalized spacial score (nSPS) is 49.5. The second-order valence-electron chi connectivity index (χ2n) is 12.8. The third-order valence-corrected chi connectivity index (χ3v) is 10.2. The number of hydrogen-bond acceptors (Lipinski definition) is 4. The molecule has 8 saturated carbocycles. The van der Waals surface area contributed by atoms with E-state index in [1.165, 1.54) is 38.5 Å². The highest BCUT2D eigenvalue weighted by Gasteiger charge is 2.55. The Kier molecular flexibility index (Phi) is 4.18. The Hall–Kier alpha value is -1.85. The number of carbonyl (C=O) groups is 2. The summed E-state index contributed by atoms with van der Waals surface area (Å²) >= 11 is 0. The lowest BCUT2D eigenvalue weighted by Crippen LogP contribution is -2.60. The molecule has 6 nitrogen and oxygen atoms in total. The fraction of sp³-hybridized carbons (Fsp3) is 0.808. The van der Waals surface area contributed by atoms with E-state index >= 15 is 0 Å². The molecule has 1 aliphatic heterocycles. The van der Waals surface area contributed by atoms with Crippen molar-refractivity contribution in [2.75, 3.05) is 0 Å². The minimum absolute atomic E-state index is 0.00405. The van der Waals surface area contributed by atoms with Gasteiger partial charge in [0, 0.05) is 18.0 Å². The predicted octanol–water partition coefficient (Wildman–Crippen LogP) is 3.25. The lowest BCUT2D eigenvalue weighted by Gasteiger charge is -2.56. The Balaban J connectivity index is 0.977. The smallest absolute Gasteiger partial charge is 0.254 e. The van der Waals surface area contributed by atoms with E-state index in [0.29, 0.717) is 5.57 Å². The molecule has 1 atom stereocenters. The molecule has 8 bridgehead atoms. The summed E-state index contributed by atoms with van der Waals surface area (Å²) in [6.45, 7) is 0. The summed E-state index contributed by atoms with van der Waals surface area (Å²) < 4.78 is 0. The van der Waals surface area contributed by atoms with Crippen LogP contribution in [0.1, 0.15) is 77.0 Å². The van der Waals surface area contributed by atoms with Gasteiger partial charge < -0.3 is 16.0 Å². The number of nitrogens with one attached hydrogen (secondary N) is 3. The van der Waals surface area contributed by atoms with Crippen LogP contribution in [0, 0.1) is 40.9 Å². The molecule has 0 spiro atoms. The van der Waals surface area contributed by atoms with E-state index in [4.69, 9.17) is 0 Å². The van der Waals surface area contributed by atoms with Crippen LogP contribution >= 0.6 is 0 Å². The van der Waals surface area contributed by atoms with Gasteiger partial charge in [0.25, 0.3) is 5.91 Å². The molecular formula is C26H36N4O2. The number of nitrogens with zero attached hydrogens (tertiary/aromatic N) is 1. The van der Waals surface area contributed by atoms with E-state index < -0.39 is 6.29 Å². The molecule has 8 aliphatic carbocycles. The SMILES string of the molecule is O=C(NC12CC3CC(CC(C3)C1)C2)C1=CNC(NC(=O)C23CC4CC(CC(C4)C2)C3)N=C1. The summed E-state index contributed by atoms with van der Waals surface area (Å²) in [6, 6.07) is 0. The molecule has 0 aromatic heterocycles. The van der Waals surface area contributed by atoms with Crippen LogP contribution in [0.15, 0.2) is 16.8 Å². The standard InChI is InChI=1S/C26H36N4O2/c31-22(30-26-10-18-4-19(11-26)6-20(5-18)12-26)21-13-27-24(28-14-21)29-23(32)25-7-15-1-16(8-25)3-17(2-15)9-25/h13-20,24,27H,1-12H2,(H,29,32)(H,30,31). The van der Waals surface area contributed by atoms with E-state index in [-0.39, 0.29) is 22.8 Å². The average Bonchev–Trinajstić information content (AvgIpc) is 2.72. The zero-order valence-electron chi connectivity index (χ0n) is 18.9. The molecule has 0 aromatic rings. The zero-order chi connectivity index (χ0) is 21.5. The third-order valence-electron chi connectivity index (χ3n) is 10.2. The molecule has 9 aliphatic rings. The van der Waals surface area contributed by atoms with Gasteiger partial charge in [-0.25, -0.2) is 4.99 Å². The fourth-order valence-corrected chi connectivity index (χ4v) is 9.85. The van der Waals surface area contributed by atoms with Crippen LogP contribution in [0.2, 0.25) is 0 Å². The maximum atomic E-state index is 13.3. The first kappa shape index (κ1) is 19.6. The molecule has 9 rings (SSSR count). The Morgan fingerprint density at radius 2 is 1.31 bits per heavy atom. The molecule has 32 heavy (non-hydrogen) atoms. The van der Waals surface area contributed by atoms with E-state index in [1.54, 1.807) is 12.4 Å². The van der Waals surface area contributed by atoms with E-state index in [9.17, 15) is 9.59 Å². The van der Waals surface area contributed by atoms with Crippen molar-refractivity contribution in [3.63, 3.8) is 0 Å². The van der Waals surface area contributed by atoms with Crippen LogP contribution in [0.4, 0.5) is 0 Å². The fourth-order valence-electron chi connectivity index (χ4n) is 9.85. The number of rotatable bonds is 4. The number of hydrogen-bond donors (Lipinski definition) is 3. The van der Waals surface area contributed by atoms with Gasteiger partial charge in [0.15, 0.2) is 6.29 Å². The second kappa shape index (κ2) is 6.83. The minimum Gasteiger partial charge on any atom is -0.352 e. The highest BCUT2D eigenvalue weighted by Crippen LogP contribution is 2.60. The maximum Gasteiger partial charge on any atom is 0.254 e. The van der Waals surface area contributed by atoms with Crippen LogP contribution in [0.25, 0.3) is 0 Å². The third kappa shape index (κ3) is 3.15. The van der Waals surface area contributed by atoms with Crippen LogP contribution in [0.3, 0.4) is 0 Å². The van der Waals surface area contributed by atoms with Gasteiger partial charge >= 0.3 is 0 Å². The van der Waals surface area contributed by atoms with Gasteiger partial charge in [-0.1, -0.05) is 0 Å². The number of carbonyl (C=O) groups excluding carboxylic acids is 2. The van der Waals surface area contributed by atoms with Gasteiger partial charge in [-0.05, 0) is 113 Å². The quantitative estimate of drug-likeness (QED) is 0.633. The van der Waals surface area contributed by atoms with Crippen LogP contribution in [0.5, 0.6) is 0 Å². The largest absolute Gasteiger partial charge is 0.352 e. The summed E-state index contributed by atoms with van der Waals surface area (Å²) in [5.41, 5.74) is 0.400. The number of aliphatic imine (C=N–C) groups is 1. The Morgan fingerprint density at radius 1 is 0.812 bits per heavy atom. The van der Waals surface area contributed by atoms with Crippen molar-refractivity contribution in [3.05, 3.63) is 11.8 Å². The van der Waals surface area contributed by atoms with Crippen LogP contribution < -0.4 is 16.0 Å². The van der Waals surface area contributed by atoms with Gasteiger partial charge in [0.2, 0.25) is 5.91 Å². The van der Waals surface area contributed by atoms with E-state index in [2.05, 4.69) is 20.9 Å². The van der Waals surface area contributed by atoms with Crippen molar-refractivity contribution < 1.29 is 9.59 Å². The van der Waals surface area contributed by atoms with Crippen molar-refractivity contribution in [2.45, 2.75) is 88.9 Å². The molecule has 172 valence electrons. The molecule has 2 amide bonds. The summed E-state index contributed by atoms with van der Waals surface area (Å²) in [6.07, 6.45) is 17.6. The summed E-state index contributed by atoms with van der Waals surface area (Å²) in [5, 5.41) is 9.72. The first-order chi connectivity index (χ1) is 15.5. The monoisotopic (exact) mass is 436 g/mol. The minimum atomic E-state index is -0.466. The Labute approximate surface area is 190 Å². The summed E-state index contributed by atoms with van der Waals surface area (Å²) in [7, 11) is 0. The molecular weight excluding hydrogens is 400 g/mol. The van der Waals surface area contributed by atoms with Gasteiger partial charge in [-0.2, -0.15) is 0 Å². The molecule has 0 aromatic carbocycles. The lowest BCUT2D eigenvalue weighted by molar-refractivity contribution is -0.147. The molecule has 3 N–H and O–H groups in total. The van der Waals surface area contributed by atoms with Gasteiger partial charge in [-0.3, -0.25) is 9.59 Å². The first-order valence-corrected chi connectivity index (χ1v) is 13.1. The first-order valence-electron chi connectivity index (χ1n) is 13.1. The molecule has 6 heteroatoms. The summed E-state index contributed by atoms with van der Waals surface area (Å²) in [4.78, 5) is 30.8. The molecule has 0 saturated heterocycles. The highest BCUT2D eigenvalue weighted by atomic mass is 16.2. The van der Waals surface area contributed by atoms with Crippen molar-refractivity contribution >= 4 is 18.0 Å². The van der Waals surface area contributed by atoms with Crippen molar-refractivity contribution in [1.82, 2.24) is 16.0 Å². The molecule has 1 unspecified atom stereocenters. The second-order valence-corrected chi connectivity index (χ2v) is 12.8. The van der Waals surface area contributed by atoms with Gasteiger partial charge in [0.05, 0.1) is 11.0 Å².